The third kappa shape index (κ3) is 7.76. The minimum absolute atomic E-state index is 0. The minimum Gasteiger partial charge on any atom is -0.492 e. The van der Waals surface area contributed by atoms with Gasteiger partial charge in [0.25, 0.3) is 5.91 Å². The van der Waals surface area contributed by atoms with Gasteiger partial charge in [-0.25, -0.2) is 9.78 Å². The van der Waals surface area contributed by atoms with Crippen LogP contribution in [0.4, 0.5) is 0 Å². The van der Waals surface area contributed by atoms with Crippen LogP contribution >= 0.6 is 24.0 Å². The van der Waals surface area contributed by atoms with Gasteiger partial charge < -0.3 is 20.1 Å². The van der Waals surface area contributed by atoms with Gasteiger partial charge in [0, 0.05) is 17.7 Å². The van der Waals surface area contributed by atoms with Crippen LogP contribution in [0.2, 0.25) is 5.02 Å². The molecule has 1 amide bonds. The fourth-order valence-corrected chi connectivity index (χ4v) is 5.30. The molecule has 10 heteroatoms. The predicted octanol–water partition coefficient (Wildman–Crippen LogP) is 6.35. The summed E-state index contributed by atoms with van der Waals surface area (Å²) in [6, 6.07) is 11.5. The Balaban J connectivity index is 0.00000462. The molecule has 41 heavy (non-hydrogen) atoms. The van der Waals surface area contributed by atoms with Gasteiger partial charge in [0.1, 0.15) is 17.0 Å². The van der Waals surface area contributed by atoms with E-state index in [0.717, 1.165) is 48.9 Å². The second-order valence-corrected chi connectivity index (χ2v) is 11.2. The molecule has 0 bridgehead atoms. The van der Waals surface area contributed by atoms with Gasteiger partial charge >= 0.3 is 5.97 Å². The Morgan fingerprint density at radius 1 is 1.07 bits per heavy atom. The van der Waals surface area contributed by atoms with E-state index in [1.807, 2.05) is 52.2 Å². The molecular formula is C31H38Cl2N4O4. The Morgan fingerprint density at radius 2 is 1.80 bits per heavy atom. The van der Waals surface area contributed by atoms with Crippen molar-refractivity contribution in [1.82, 2.24) is 20.2 Å². The van der Waals surface area contributed by atoms with Crippen LogP contribution in [0.1, 0.15) is 60.1 Å². The molecule has 0 spiro atoms. The summed E-state index contributed by atoms with van der Waals surface area (Å²) in [6.45, 7) is 5.42. The number of benzene rings is 2. The summed E-state index contributed by atoms with van der Waals surface area (Å²) in [5.74, 6) is -1.05. The van der Waals surface area contributed by atoms with E-state index in [1.54, 1.807) is 6.07 Å². The molecule has 0 unspecified atom stereocenters. The standard InChI is InChI=1S/C31H37ClN4O4.ClH/c1-20-9-11-23(21(2)17-20)28-27(22-10-12-24(32)26(18-22)40-16-8-15-36(3)4)34-25(19-33-28)29(37)35-31(30(38)39)13-6-5-7-14-31;/h9-12,17-19H,5-8,13-16H2,1-4H3,(H,35,37)(H,38,39);1H. The highest BCUT2D eigenvalue weighted by Gasteiger charge is 2.41. The molecule has 1 heterocycles. The SMILES string of the molecule is Cc1ccc(-c2ncc(C(=O)NC3(C(=O)O)CCCCC3)nc2-c2ccc(Cl)c(OCCCN(C)C)c2)c(C)c1.Cl. The zero-order valence-corrected chi connectivity index (χ0v) is 25.6. The first-order valence-electron chi connectivity index (χ1n) is 13.7. The fraction of sp³-hybridized carbons (Fsp3) is 0.419. The van der Waals surface area contributed by atoms with Crippen LogP contribution in [0.5, 0.6) is 5.75 Å². The number of nitrogens with zero attached hydrogens (tertiary/aromatic N) is 3. The average molecular weight is 602 g/mol. The average Bonchev–Trinajstić information content (AvgIpc) is 2.92. The zero-order valence-electron chi connectivity index (χ0n) is 24.0. The van der Waals surface area contributed by atoms with Crippen LogP contribution in [0.25, 0.3) is 22.5 Å². The molecule has 0 radical (unpaired) electrons. The first-order valence-corrected chi connectivity index (χ1v) is 14.1. The normalized spacial score (nSPS) is 14.3. The van der Waals surface area contributed by atoms with E-state index in [-0.39, 0.29) is 18.1 Å². The molecule has 4 rings (SSSR count). The van der Waals surface area contributed by atoms with E-state index in [1.165, 1.54) is 6.20 Å². The van der Waals surface area contributed by atoms with Gasteiger partial charge in [-0.3, -0.25) is 9.78 Å². The quantitative estimate of drug-likeness (QED) is 0.261. The highest BCUT2D eigenvalue weighted by molar-refractivity contribution is 6.32. The third-order valence-corrected chi connectivity index (χ3v) is 7.64. The number of halogens is 2. The zero-order chi connectivity index (χ0) is 28.9. The lowest BCUT2D eigenvalue weighted by Crippen LogP contribution is -2.55. The van der Waals surface area contributed by atoms with E-state index in [2.05, 4.69) is 16.3 Å². The number of ether oxygens (including phenoxy) is 1. The molecular weight excluding hydrogens is 563 g/mol. The predicted molar refractivity (Wildman–Crippen MR) is 164 cm³/mol. The van der Waals surface area contributed by atoms with Crippen molar-refractivity contribution in [3.8, 4) is 28.3 Å². The van der Waals surface area contributed by atoms with Gasteiger partial charge in [0.15, 0.2) is 0 Å². The number of carboxylic acid groups (broad SMARTS) is 1. The summed E-state index contributed by atoms with van der Waals surface area (Å²) in [6.07, 6.45) is 5.48. The van der Waals surface area contributed by atoms with Gasteiger partial charge in [-0.1, -0.05) is 60.7 Å². The molecule has 2 N–H and O–H groups in total. The van der Waals surface area contributed by atoms with Crippen molar-refractivity contribution in [3.05, 3.63) is 64.4 Å². The molecule has 1 fully saturated rings. The fourth-order valence-electron chi connectivity index (χ4n) is 5.13. The Bertz CT molecular complexity index is 1390. The molecule has 0 saturated heterocycles. The van der Waals surface area contributed by atoms with E-state index in [9.17, 15) is 14.7 Å². The second kappa shape index (κ2) is 14.1. The van der Waals surface area contributed by atoms with Crippen LogP contribution in [0.3, 0.4) is 0 Å². The van der Waals surface area contributed by atoms with Gasteiger partial charge in [-0.2, -0.15) is 0 Å². The number of carboxylic acids is 1. The summed E-state index contributed by atoms with van der Waals surface area (Å²) in [5, 5.41) is 13.2. The molecule has 1 saturated carbocycles. The van der Waals surface area contributed by atoms with Crippen LogP contribution in [-0.2, 0) is 4.79 Å². The van der Waals surface area contributed by atoms with Gasteiger partial charge in [0.05, 0.1) is 29.2 Å². The summed E-state index contributed by atoms with van der Waals surface area (Å²) in [5.41, 5.74) is 3.58. The lowest BCUT2D eigenvalue weighted by Gasteiger charge is -2.33. The van der Waals surface area contributed by atoms with Gasteiger partial charge in [-0.15, -0.1) is 12.4 Å². The number of hydrogen-bond acceptors (Lipinski definition) is 6. The molecule has 8 nitrogen and oxygen atoms in total. The maximum Gasteiger partial charge on any atom is 0.329 e. The number of nitrogens with one attached hydrogen (secondary N) is 1. The molecule has 3 aromatic rings. The lowest BCUT2D eigenvalue weighted by atomic mass is 9.81. The monoisotopic (exact) mass is 600 g/mol. The summed E-state index contributed by atoms with van der Waals surface area (Å²) < 4.78 is 6.00. The number of carbonyl (C=O) groups excluding carboxylic acids is 1. The molecule has 1 aliphatic rings. The van der Waals surface area contributed by atoms with E-state index in [0.29, 0.717) is 47.2 Å². The Labute approximate surface area is 252 Å². The number of aryl methyl sites for hydroxylation is 2. The summed E-state index contributed by atoms with van der Waals surface area (Å²) in [7, 11) is 4.02. The lowest BCUT2D eigenvalue weighted by molar-refractivity contribution is -0.145. The topological polar surface area (TPSA) is 105 Å². The number of aromatic nitrogens is 2. The number of hydrogen-bond donors (Lipinski definition) is 2. The van der Waals surface area contributed by atoms with Crippen molar-refractivity contribution in [2.24, 2.45) is 0 Å². The van der Waals surface area contributed by atoms with Gasteiger partial charge in [0.2, 0.25) is 0 Å². The van der Waals surface area contributed by atoms with E-state index < -0.39 is 17.4 Å². The second-order valence-electron chi connectivity index (χ2n) is 10.8. The minimum atomic E-state index is -1.29. The first-order chi connectivity index (χ1) is 19.1. The molecule has 0 atom stereocenters. The highest BCUT2D eigenvalue weighted by Crippen LogP contribution is 2.36. The molecule has 0 aliphatic heterocycles. The van der Waals surface area contributed by atoms with Crippen LogP contribution in [0.15, 0.2) is 42.6 Å². The summed E-state index contributed by atoms with van der Waals surface area (Å²) in [4.78, 5) is 37.1. The number of rotatable bonds is 10. The largest absolute Gasteiger partial charge is 0.492 e. The van der Waals surface area contributed by atoms with Crippen LogP contribution in [-0.4, -0.2) is 64.6 Å². The van der Waals surface area contributed by atoms with Crippen molar-refractivity contribution in [1.29, 1.82) is 0 Å². The van der Waals surface area contributed by atoms with Crippen molar-refractivity contribution >= 4 is 35.9 Å². The van der Waals surface area contributed by atoms with Crippen molar-refractivity contribution < 1.29 is 19.4 Å². The number of amides is 1. The Kier molecular flexibility index (Phi) is 11.1. The Hall–Kier alpha value is -3.20. The van der Waals surface area contributed by atoms with Crippen molar-refractivity contribution in [2.75, 3.05) is 27.2 Å². The number of aliphatic carboxylic acids is 1. The molecule has 220 valence electrons. The molecule has 1 aromatic heterocycles. The third-order valence-electron chi connectivity index (χ3n) is 7.32. The van der Waals surface area contributed by atoms with E-state index in [4.69, 9.17) is 26.3 Å². The maximum absolute atomic E-state index is 13.4. The first kappa shape index (κ1) is 32.3. The summed E-state index contributed by atoms with van der Waals surface area (Å²) >= 11 is 6.47. The smallest absolute Gasteiger partial charge is 0.329 e. The number of carbonyl (C=O) groups is 2. The maximum atomic E-state index is 13.4. The van der Waals surface area contributed by atoms with E-state index >= 15 is 0 Å². The molecule has 2 aromatic carbocycles. The van der Waals surface area contributed by atoms with Crippen LogP contribution in [0, 0.1) is 13.8 Å². The molecule has 1 aliphatic carbocycles. The van der Waals surface area contributed by atoms with Crippen molar-refractivity contribution in [2.45, 2.75) is 57.9 Å². The Morgan fingerprint density at radius 3 is 2.46 bits per heavy atom. The van der Waals surface area contributed by atoms with Crippen LogP contribution < -0.4 is 10.1 Å². The van der Waals surface area contributed by atoms with Crippen molar-refractivity contribution in [3.63, 3.8) is 0 Å². The van der Waals surface area contributed by atoms with Gasteiger partial charge in [-0.05, 0) is 64.9 Å². The highest BCUT2D eigenvalue weighted by atomic mass is 35.5.